The molecule has 0 amide bonds. The molecule has 68 valence electrons. The summed E-state index contributed by atoms with van der Waals surface area (Å²) in [7, 11) is 2.08. The van der Waals surface area contributed by atoms with Crippen molar-refractivity contribution in [2.75, 3.05) is 7.05 Å². The number of hydrogen-bond donors (Lipinski definition) is 0. The minimum Gasteiger partial charge on any atom is -0.369 e. The van der Waals surface area contributed by atoms with Crippen molar-refractivity contribution in [1.82, 2.24) is 4.90 Å². The monoisotopic (exact) mass is 168 g/mol. The number of amidine groups is 1. The van der Waals surface area contributed by atoms with Crippen LogP contribution in [-0.2, 0) is 4.84 Å². The predicted octanol–water partition coefficient (Wildman–Crippen LogP) is 1.65. The Kier molecular flexibility index (Phi) is 1.74. The molecule has 2 rings (SSSR count). The molecule has 1 atom stereocenters. The van der Waals surface area contributed by atoms with E-state index in [0.717, 1.165) is 5.84 Å². The molecule has 3 heteroatoms. The Hall–Kier alpha value is -0.730. The van der Waals surface area contributed by atoms with Gasteiger partial charge in [0.15, 0.2) is 0 Å². The fourth-order valence-electron chi connectivity index (χ4n) is 1.65. The molecular weight excluding hydrogens is 152 g/mol. The summed E-state index contributed by atoms with van der Waals surface area (Å²) in [5, 5.41) is 4.12. The third-order valence-corrected chi connectivity index (χ3v) is 2.51. The SMILES string of the molecule is CC(C)C1ON=C(C2CC2)N1C. The van der Waals surface area contributed by atoms with Crippen LogP contribution < -0.4 is 0 Å². The lowest BCUT2D eigenvalue weighted by Gasteiger charge is -2.23. The van der Waals surface area contributed by atoms with Gasteiger partial charge in [-0.1, -0.05) is 19.0 Å². The zero-order valence-corrected chi connectivity index (χ0v) is 7.95. The van der Waals surface area contributed by atoms with Crippen molar-refractivity contribution in [3.8, 4) is 0 Å². The molecule has 0 bridgehead atoms. The first-order valence-corrected chi connectivity index (χ1v) is 4.66. The number of nitrogens with zero attached hydrogens (tertiary/aromatic N) is 2. The molecule has 0 aromatic carbocycles. The average Bonchev–Trinajstić information content (AvgIpc) is 2.75. The molecule has 0 saturated heterocycles. The lowest BCUT2D eigenvalue weighted by molar-refractivity contribution is -0.0129. The third kappa shape index (κ3) is 1.17. The van der Waals surface area contributed by atoms with Gasteiger partial charge in [0.05, 0.1) is 0 Å². The second kappa shape index (κ2) is 2.64. The van der Waals surface area contributed by atoms with E-state index in [1.165, 1.54) is 12.8 Å². The first-order chi connectivity index (χ1) is 5.70. The molecule has 0 radical (unpaired) electrons. The minimum atomic E-state index is 0.167. The van der Waals surface area contributed by atoms with Gasteiger partial charge in [-0.15, -0.1) is 0 Å². The Morgan fingerprint density at radius 1 is 1.50 bits per heavy atom. The van der Waals surface area contributed by atoms with Crippen LogP contribution >= 0.6 is 0 Å². The summed E-state index contributed by atoms with van der Waals surface area (Å²) in [6, 6.07) is 0. The summed E-state index contributed by atoms with van der Waals surface area (Å²) in [6.45, 7) is 4.32. The first kappa shape index (κ1) is 7.90. The molecule has 0 aromatic rings. The molecule has 1 unspecified atom stereocenters. The highest BCUT2D eigenvalue weighted by Gasteiger charge is 2.38. The Balaban J connectivity index is 2.02. The third-order valence-electron chi connectivity index (χ3n) is 2.51. The number of rotatable bonds is 2. The molecule has 12 heavy (non-hydrogen) atoms. The van der Waals surface area contributed by atoms with Crippen LogP contribution in [0.3, 0.4) is 0 Å². The Bertz CT molecular complexity index is 209. The van der Waals surface area contributed by atoms with E-state index in [9.17, 15) is 0 Å². The van der Waals surface area contributed by atoms with Crippen molar-refractivity contribution >= 4 is 5.84 Å². The molecule has 1 fully saturated rings. The second-order valence-corrected chi connectivity index (χ2v) is 4.07. The van der Waals surface area contributed by atoms with Crippen molar-refractivity contribution in [2.45, 2.75) is 32.9 Å². The van der Waals surface area contributed by atoms with Crippen LogP contribution in [0.2, 0.25) is 0 Å². The van der Waals surface area contributed by atoms with Crippen molar-refractivity contribution < 1.29 is 4.84 Å². The molecule has 2 aliphatic rings. The number of hydrogen-bond acceptors (Lipinski definition) is 3. The van der Waals surface area contributed by atoms with E-state index in [2.05, 4.69) is 31.0 Å². The van der Waals surface area contributed by atoms with E-state index >= 15 is 0 Å². The van der Waals surface area contributed by atoms with Crippen molar-refractivity contribution in [3.63, 3.8) is 0 Å². The number of oxime groups is 1. The van der Waals surface area contributed by atoms with Crippen LogP contribution in [0.1, 0.15) is 26.7 Å². The maximum absolute atomic E-state index is 5.35. The van der Waals surface area contributed by atoms with Crippen LogP contribution in [0.5, 0.6) is 0 Å². The van der Waals surface area contributed by atoms with Gasteiger partial charge in [0.25, 0.3) is 0 Å². The molecule has 1 heterocycles. The maximum Gasteiger partial charge on any atom is 0.203 e. The molecule has 0 spiro atoms. The van der Waals surface area contributed by atoms with E-state index in [1.807, 2.05) is 0 Å². The van der Waals surface area contributed by atoms with Gasteiger partial charge in [0, 0.05) is 18.9 Å². The summed E-state index contributed by atoms with van der Waals surface area (Å²) in [4.78, 5) is 7.54. The van der Waals surface area contributed by atoms with E-state index in [1.54, 1.807) is 0 Å². The largest absolute Gasteiger partial charge is 0.369 e. The van der Waals surface area contributed by atoms with E-state index in [-0.39, 0.29) is 6.23 Å². The topological polar surface area (TPSA) is 24.8 Å². The van der Waals surface area contributed by atoms with Gasteiger partial charge < -0.3 is 9.74 Å². The summed E-state index contributed by atoms with van der Waals surface area (Å²) in [5.74, 6) is 2.36. The highest BCUT2D eigenvalue weighted by atomic mass is 16.7. The highest BCUT2D eigenvalue weighted by molar-refractivity contribution is 5.87. The van der Waals surface area contributed by atoms with Gasteiger partial charge in [-0.05, 0) is 12.8 Å². The zero-order chi connectivity index (χ0) is 8.72. The van der Waals surface area contributed by atoms with Crippen LogP contribution in [0.25, 0.3) is 0 Å². The van der Waals surface area contributed by atoms with Crippen LogP contribution in [0.15, 0.2) is 5.16 Å². The second-order valence-electron chi connectivity index (χ2n) is 4.07. The Morgan fingerprint density at radius 2 is 2.17 bits per heavy atom. The minimum absolute atomic E-state index is 0.167. The average molecular weight is 168 g/mol. The van der Waals surface area contributed by atoms with E-state index in [0.29, 0.717) is 11.8 Å². The molecule has 0 N–H and O–H groups in total. The molecule has 1 aliphatic heterocycles. The Labute approximate surface area is 73.4 Å². The van der Waals surface area contributed by atoms with Gasteiger partial charge in [-0.25, -0.2) is 0 Å². The molecular formula is C9H16N2O. The summed E-state index contributed by atoms with van der Waals surface area (Å²) >= 11 is 0. The molecule has 1 aliphatic carbocycles. The maximum atomic E-state index is 5.35. The van der Waals surface area contributed by atoms with Crippen molar-refractivity contribution in [3.05, 3.63) is 0 Å². The predicted molar refractivity (Wildman–Crippen MR) is 47.6 cm³/mol. The summed E-state index contributed by atoms with van der Waals surface area (Å²) in [5.41, 5.74) is 0. The lowest BCUT2D eigenvalue weighted by Crippen LogP contribution is -2.36. The van der Waals surface area contributed by atoms with Gasteiger partial charge in [-0.2, -0.15) is 0 Å². The standard InChI is InChI=1S/C9H16N2O/c1-6(2)9-11(3)8(10-12-9)7-4-5-7/h6-7,9H,4-5H2,1-3H3. The van der Waals surface area contributed by atoms with Gasteiger partial charge >= 0.3 is 0 Å². The molecule has 0 aromatic heterocycles. The summed E-state index contributed by atoms with van der Waals surface area (Å²) in [6.07, 6.45) is 2.75. The normalized spacial score (nSPS) is 29.2. The fraction of sp³-hybridized carbons (Fsp3) is 0.889. The van der Waals surface area contributed by atoms with Gasteiger partial charge in [0.2, 0.25) is 6.23 Å². The first-order valence-electron chi connectivity index (χ1n) is 4.66. The highest BCUT2D eigenvalue weighted by Crippen LogP contribution is 2.35. The zero-order valence-electron chi connectivity index (χ0n) is 7.95. The fourth-order valence-corrected chi connectivity index (χ4v) is 1.65. The van der Waals surface area contributed by atoms with Gasteiger partial charge in [0.1, 0.15) is 5.84 Å². The molecule has 1 saturated carbocycles. The van der Waals surface area contributed by atoms with E-state index in [4.69, 9.17) is 4.84 Å². The summed E-state index contributed by atoms with van der Waals surface area (Å²) < 4.78 is 0. The van der Waals surface area contributed by atoms with Crippen LogP contribution in [-0.4, -0.2) is 24.0 Å². The molecule has 3 nitrogen and oxygen atoms in total. The van der Waals surface area contributed by atoms with Crippen molar-refractivity contribution in [1.29, 1.82) is 0 Å². The lowest BCUT2D eigenvalue weighted by atomic mass is 10.1. The smallest absolute Gasteiger partial charge is 0.203 e. The quantitative estimate of drug-likeness (QED) is 0.626. The van der Waals surface area contributed by atoms with Crippen LogP contribution in [0.4, 0.5) is 0 Å². The Morgan fingerprint density at radius 3 is 2.58 bits per heavy atom. The van der Waals surface area contributed by atoms with Crippen LogP contribution in [0, 0.1) is 11.8 Å². The van der Waals surface area contributed by atoms with Gasteiger partial charge in [-0.3, -0.25) is 0 Å². The van der Waals surface area contributed by atoms with Crippen molar-refractivity contribution in [2.24, 2.45) is 17.0 Å². The van der Waals surface area contributed by atoms with E-state index < -0.39 is 0 Å².